The van der Waals surface area contributed by atoms with Crippen LogP contribution in [0.2, 0.25) is 0 Å². The summed E-state index contributed by atoms with van der Waals surface area (Å²) in [6.45, 7) is 4.18. The number of aromatic amines is 1. The van der Waals surface area contributed by atoms with E-state index in [1.54, 1.807) is 0 Å². The van der Waals surface area contributed by atoms with Crippen LogP contribution in [0.5, 0.6) is 0 Å². The van der Waals surface area contributed by atoms with Crippen molar-refractivity contribution in [2.24, 2.45) is 5.73 Å². The van der Waals surface area contributed by atoms with Gasteiger partial charge in [0.2, 0.25) is 0 Å². The summed E-state index contributed by atoms with van der Waals surface area (Å²) in [6.07, 6.45) is 6.87. The van der Waals surface area contributed by atoms with E-state index in [2.05, 4.69) is 29.0 Å². The molecule has 16 heavy (non-hydrogen) atoms. The lowest BCUT2D eigenvalue weighted by Gasteiger charge is -2.22. The van der Waals surface area contributed by atoms with E-state index in [1.165, 1.54) is 25.7 Å². The summed E-state index contributed by atoms with van der Waals surface area (Å²) in [5, 5.41) is 7.39. The molecule has 0 unspecified atom stereocenters. The molecule has 4 nitrogen and oxygen atoms in total. The van der Waals surface area contributed by atoms with Gasteiger partial charge in [0.25, 0.3) is 0 Å². The third-order valence-electron chi connectivity index (χ3n) is 3.95. The summed E-state index contributed by atoms with van der Waals surface area (Å²) in [6, 6.07) is 0. The first-order valence-corrected chi connectivity index (χ1v) is 6.41. The molecule has 1 aromatic heterocycles. The number of hydrogen-bond acceptors (Lipinski definition) is 3. The molecule has 0 spiro atoms. The van der Waals surface area contributed by atoms with E-state index >= 15 is 0 Å². The van der Waals surface area contributed by atoms with Gasteiger partial charge in [-0.15, -0.1) is 0 Å². The summed E-state index contributed by atoms with van der Waals surface area (Å²) in [5.74, 6) is 2.42. The fourth-order valence-electron chi connectivity index (χ4n) is 2.45. The van der Waals surface area contributed by atoms with Gasteiger partial charge in [0, 0.05) is 5.92 Å². The van der Waals surface area contributed by atoms with E-state index in [0.29, 0.717) is 5.92 Å². The first-order valence-electron chi connectivity index (χ1n) is 6.41. The SMILES string of the molecule is CCC(N)(CC)c1n[nH]c(C2CCCC2)n1. The maximum Gasteiger partial charge on any atom is 0.170 e. The van der Waals surface area contributed by atoms with Crippen LogP contribution in [-0.4, -0.2) is 15.2 Å². The van der Waals surface area contributed by atoms with Gasteiger partial charge in [0.05, 0.1) is 5.54 Å². The minimum atomic E-state index is -0.354. The summed E-state index contributed by atoms with van der Waals surface area (Å²) in [5.41, 5.74) is 5.93. The Labute approximate surface area is 97.0 Å². The van der Waals surface area contributed by atoms with Gasteiger partial charge in [-0.05, 0) is 25.7 Å². The van der Waals surface area contributed by atoms with Gasteiger partial charge >= 0.3 is 0 Å². The lowest BCUT2D eigenvalue weighted by atomic mass is 9.93. The smallest absolute Gasteiger partial charge is 0.170 e. The Morgan fingerprint density at radius 1 is 1.31 bits per heavy atom. The molecule has 1 saturated carbocycles. The highest BCUT2D eigenvalue weighted by Gasteiger charge is 2.29. The maximum absolute atomic E-state index is 6.28. The summed E-state index contributed by atoms with van der Waals surface area (Å²) >= 11 is 0. The molecule has 2 rings (SSSR count). The maximum atomic E-state index is 6.28. The Morgan fingerprint density at radius 2 is 1.94 bits per heavy atom. The van der Waals surface area contributed by atoms with Crippen LogP contribution >= 0.6 is 0 Å². The Morgan fingerprint density at radius 3 is 2.50 bits per heavy atom. The number of hydrogen-bond donors (Lipinski definition) is 2. The molecule has 0 bridgehead atoms. The molecule has 0 amide bonds. The molecular weight excluding hydrogens is 200 g/mol. The number of nitrogens with two attached hydrogens (primary N) is 1. The van der Waals surface area contributed by atoms with Crippen molar-refractivity contribution >= 4 is 0 Å². The van der Waals surface area contributed by atoms with Gasteiger partial charge in [-0.1, -0.05) is 26.7 Å². The standard InChI is InChI=1S/C12H22N4/c1-3-12(13,4-2)11-14-10(15-16-11)9-7-5-6-8-9/h9H,3-8,13H2,1-2H3,(H,14,15,16). The van der Waals surface area contributed by atoms with Crippen LogP contribution in [0.3, 0.4) is 0 Å². The summed E-state index contributed by atoms with van der Waals surface area (Å²) < 4.78 is 0. The molecule has 1 aromatic rings. The monoisotopic (exact) mass is 222 g/mol. The van der Waals surface area contributed by atoms with Crippen LogP contribution in [0.4, 0.5) is 0 Å². The normalized spacial score (nSPS) is 18.2. The zero-order chi connectivity index (χ0) is 11.6. The number of H-pyrrole nitrogens is 1. The average Bonchev–Trinajstić information content (AvgIpc) is 2.97. The first kappa shape index (κ1) is 11.6. The molecule has 0 aliphatic heterocycles. The van der Waals surface area contributed by atoms with E-state index in [-0.39, 0.29) is 5.54 Å². The zero-order valence-electron chi connectivity index (χ0n) is 10.3. The van der Waals surface area contributed by atoms with Crippen molar-refractivity contribution in [2.45, 2.75) is 63.8 Å². The van der Waals surface area contributed by atoms with Crippen molar-refractivity contribution < 1.29 is 0 Å². The molecule has 1 heterocycles. The molecule has 0 aromatic carbocycles. The van der Waals surface area contributed by atoms with Crippen LogP contribution in [0.15, 0.2) is 0 Å². The lowest BCUT2D eigenvalue weighted by molar-refractivity contribution is 0.388. The molecule has 4 heteroatoms. The lowest BCUT2D eigenvalue weighted by Crippen LogP contribution is -2.36. The van der Waals surface area contributed by atoms with E-state index in [9.17, 15) is 0 Å². The Kier molecular flexibility index (Phi) is 3.28. The van der Waals surface area contributed by atoms with Crippen molar-refractivity contribution in [1.29, 1.82) is 0 Å². The minimum Gasteiger partial charge on any atom is -0.319 e. The number of rotatable bonds is 4. The summed E-state index contributed by atoms with van der Waals surface area (Å²) in [7, 11) is 0. The molecule has 90 valence electrons. The third-order valence-corrected chi connectivity index (χ3v) is 3.95. The van der Waals surface area contributed by atoms with Crippen LogP contribution in [0.25, 0.3) is 0 Å². The Balaban J connectivity index is 2.17. The second kappa shape index (κ2) is 4.53. The van der Waals surface area contributed by atoms with Gasteiger partial charge in [0.15, 0.2) is 5.82 Å². The number of aromatic nitrogens is 3. The third kappa shape index (κ3) is 1.98. The highest BCUT2D eigenvalue weighted by atomic mass is 15.2. The predicted molar refractivity (Wildman–Crippen MR) is 64.0 cm³/mol. The van der Waals surface area contributed by atoms with Crippen LogP contribution < -0.4 is 5.73 Å². The van der Waals surface area contributed by atoms with Gasteiger partial charge in [-0.2, -0.15) is 5.10 Å². The van der Waals surface area contributed by atoms with Crippen LogP contribution in [-0.2, 0) is 5.54 Å². The van der Waals surface area contributed by atoms with Gasteiger partial charge in [-0.3, -0.25) is 5.10 Å². The second-order valence-corrected chi connectivity index (χ2v) is 4.89. The van der Waals surface area contributed by atoms with Crippen molar-refractivity contribution in [3.63, 3.8) is 0 Å². The fourth-order valence-corrected chi connectivity index (χ4v) is 2.45. The Bertz CT molecular complexity index is 335. The largest absolute Gasteiger partial charge is 0.319 e. The molecule has 3 N–H and O–H groups in total. The van der Waals surface area contributed by atoms with E-state index in [0.717, 1.165) is 24.5 Å². The van der Waals surface area contributed by atoms with Gasteiger partial charge < -0.3 is 5.73 Å². The predicted octanol–water partition coefficient (Wildman–Crippen LogP) is 2.44. The molecule has 1 aliphatic rings. The van der Waals surface area contributed by atoms with E-state index in [1.807, 2.05) is 0 Å². The molecular formula is C12H22N4. The quantitative estimate of drug-likeness (QED) is 0.822. The first-order chi connectivity index (χ1) is 7.69. The molecule has 0 saturated heterocycles. The van der Waals surface area contributed by atoms with Crippen molar-refractivity contribution in [1.82, 2.24) is 15.2 Å². The van der Waals surface area contributed by atoms with Gasteiger partial charge in [-0.25, -0.2) is 4.98 Å². The van der Waals surface area contributed by atoms with Crippen molar-refractivity contribution in [3.05, 3.63) is 11.6 Å². The fraction of sp³-hybridized carbons (Fsp3) is 0.833. The van der Waals surface area contributed by atoms with Crippen molar-refractivity contribution in [3.8, 4) is 0 Å². The number of nitrogens with zero attached hydrogens (tertiary/aromatic N) is 2. The van der Waals surface area contributed by atoms with Crippen LogP contribution in [0.1, 0.15) is 69.9 Å². The highest BCUT2D eigenvalue weighted by molar-refractivity contribution is 5.07. The van der Waals surface area contributed by atoms with Gasteiger partial charge in [0.1, 0.15) is 5.82 Å². The topological polar surface area (TPSA) is 67.6 Å². The molecule has 0 radical (unpaired) electrons. The van der Waals surface area contributed by atoms with E-state index < -0.39 is 0 Å². The number of nitrogens with one attached hydrogen (secondary N) is 1. The second-order valence-electron chi connectivity index (χ2n) is 4.89. The Hall–Kier alpha value is -0.900. The highest BCUT2D eigenvalue weighted by Crippen LogP contribution is 2.33. The molecule has 1 aliphatic carbocycles. The molecule has 0 atom stereocenters. The summed E-state index contributed by atoms with van der Waals surface area (Å²) in [4.78, 5) is 4.61. The van der Waals surface area contributed by atoms with Crippen LogP contribution in [0, 0.1) is 0 Å². The molecule has 1 fully saturated rings. The van der Waals surface area contributed by atoms with E-state index in [4.69, 9.17) is 5.73 Å². The zero-order valence-corrected chi connectivity index (χ0v) is 10.3. The van der Waals surface area contributed by atoms with Crippen molar-refractivity contribution in [2.75, 3.05) is 0 Å². The minimum absolute atomic E-state index is 0.354. The average molecular weight is 222 g/mol.